The van der Waals surface area contributed by atoms with Crippen molar-refractivity contribution in [2.45, 2.75) is 26.2 Å². The fourth-order valence-corrected chi connectivity index (χ4v) is 5.03. The molecule has 2 aromatic rings. The molecule has 150 valence electrons. The van der Waals surface area contributed by atoms with Crippen molar-refractivity contribution in [1.29, 1.82) is 0 Å². The molecule has 0 atom stereocenters. The first-order chi connectivity index (χ1) is 14.0. The van der Waals surface area contributed by atoms with Gasteiger partial charge in [0.2, 0.25) is 5.91 Å². The van der Waals surface area contributed by atoms with Gasteiger partial charge in [-0.25, -0.2) is 9.37 Å². The number of likely N-dealkylation sites (tertiary alicyclic amines) is 1. The average Bonchev–Trinajstić information content (AvgIpc) is 3.31. The normalized spacial score (nSPS) is 18.3. The van der Waals surface area contributed by atoms with Crippen LogP contribution in [0.2, 0.25) is 0 Å². The van der Waals surface area contributed by atoms with E-state index in [0.717, 1.165) is 31.1 Å². The van der Waals surface area contributed by atoms with E-state index in [9.17, 15) is 14.0 Å². The molecule has 1 saturated heterocycles. The van der Waals surface area contributed by atoms with Crippen molar-refractivity contribution in [2.75, 3.05) is 18.0 Å². The van der Waals surface area contributed by atoms with Crippen LogP contribution in [-0.2, 0) is 9.59 Å². The Balaban J connectivity index is 1.55. The van der Waals surface area contributed by atoms with Crippen molar-refractivity contribution in [1.82, 2.24) is 9.88 Å². The number of rotatable bonds is 3. The second-order valence-electron chi connectivity index (χ2n) is 6.72. The Bertz CT molecular complexity index is 1010. The van der Waals surface area contributed by atoms with Crippen LogP contribution < -0.4 is 4.90 Å². The molecule has 6 nitrogen and oxygen atoms in total. The van der Waals surface area contributed by atoms with Crippen molar-refractivity contribution in [3.8, 4) is 0 Å². The zero-order valence-electron chi connectivity index (χ0n) is 15.8. The van der Waals surface area contributed by atoms with Gasteiger partial charge in [-0.1, -0.05) is 12.1 Å². The largest absolute Gasteiger partial charge is 0.351 e. The first-order valence-electron chi connectivity index (χ1n) is 9.31. The Hall–Kier alpha value is -2.52. The minimum absolute atomic E-state index is 0.149. The lowest BCUT2D eigenvalue weighted by Gasteiger charge is -2.27. The summed E-state index contributed by atoms with van der Waals surface area (Å²) in [5.74, 6) is -1.12. The molecule has 0 unspecified atom stereocenters. The average molecular weight is 431 g/mol. The van der Waals surface area contributed by atoms with Crippen molar-refractivity contribution in [3.05, 3.63) is 46.1 Å². The maximum atomic E-state index is 14.2. The van der Waals surface area contributed by atoms with Gasteiger partial charge in [0, 0.05) is 25.4 Å². The van der Waals surface area contributed by atoms with Gasteiger partial charge in [0.1, 0.15) is 5.82 Å². The highest BCUT2D eigenvalue weighted by Gasteiger charge is 2.27. The number of carbonyl (C=O) groups excluding carboxylic acids is 2. The van der Waals surface area contributed by atoms with Gasteiger partial charge in [-0.15, -0.1) is 11.3 Å². The number of amidine groups is 1. The number of para-hydroxylation sites is 1. The highest BCUT2D eigenvalue weighted by molar-refractivity contribution is 8.18. The maximum absolute atomic E-state index is 14.2. The summed E-state index contributed by atoms with van der Waals surface area (Å²) >= 11 is 2.57. The SMILES string of the molecule is CC(=O)N(c1nc(/C=C2/SC(N3CCCCC3)=NC2=O)cs1)c1ccccc1F. The van der Waals surface area contributed by atoms with E-state index < -0.39 is 5.82 Å². The van der Waals surface area contributed by atoms with Gasteiger partial charge in [-0.2, -0.15) is 4.99 Å². The Morgan fingerprint density at radius 3 is 2.72 bits per heavy atom. The first-order valence-corrected chi connectivity index (χ1v) is 11.0. The molecule has 0 aliphatic carbocycles. The summed E-state index contributed by atoms with van der Waals surface area (Å²) in [7, 11) is 0. The third-order valence-electron chi connectivity index (χ3n) is 4.62. The Labute approximate surface area is 176 Å². The molecular formula is C20H19FN4O2S2. The highest BCUT2D eigenvalue weighted by atomic mass is 32.2. The number of thiazole rings is 1. The predicted octanol–water partition coefficient (Wildman–Crippen LogP) is 4.42. The van der Waals surface area contributed by atoms with E-state index in [4.69, 9.17) is 0 Å². The maximum Gasteiger partial charge on any atom is 0.286 e. The molecule has 0 N–H and O–H groups in total. The third kappa shape index (κ3) is 4.25. The van der Waals surface area contributed by atoms with Gasteiger partial charge < -0.3 is 4.90 Å². The minimum Gasteiger partial charge on any atom is -0.351 e. The molecule has 2 aliphatic rings. The second-order valence-corrected chi connectivity index (χ2v) is 8.56. The number of amides is 2. The molecule has 29 heavy (non-hydrogen) atoms. The molecular weight excluding hydrogens is 411 g/mol. The van der Waals surface area contributed by atoms with E-state index in [1.165, 1.54) is 53.5 Å². The molecule has 4 rings (SSSR count). The van der Waals surface area contributed by atoms with Crippen LogP contribution in [0.15, 0.2) is 39.5 Å². The first kappa shape index (κ1) is 19.8. The number of hydrogen-bond acceptors (Lipinski definition) is 6. The zero-order chi connectivity index (χ0) is 20.4. The monoisotopic (exact) mass is 430 g/mol. The molecule has 1 fully saturated rings. The van der Waals surface area contributed by atoms with Crippen molar-refractivity contribution < 1.29 is 14.0 Å². The molecule has 0 bridgehead atoms. The number of thioether (sulfide) groups is 1. The molecule has 2 aliphatic heterocycles. The van der Waals surface area contributed by atoms with Crippen LogP contribution in [0.1, 0.15) is 31.9 Å². The Kier molecular flexibility index (Phi) is 5.77. The number of aliphatic imine (C=N–C) groups is 1. The Morgan fingerprint density at radius 1 is 1.24 bits per heavy atom. The van der Waals surface area contributed by atoms with Gasteiger partial charge in [0.25, 0.3) is 5.91 Å². The number of anilines is 2. The smallest absolute Gasteiger partial charge is 0.286 e. The lowest BCUT2D eigenvalue weighted by Crippen LogP contribution is -2.33. The van der Waals surface area contributed by atoms with Gasteiger partial charge in [-0.3, -0.25) is 14.5 Å². The highest BCUT2D eigenvalue weighted by Crippen LogP contribution is 2.34. The number of piperidine rings is 1. The second kappa shape index (κ2) is 8.46. The van der Waals surface area contributed by atoms with E-state index >= 15 is 0 Å². The molecule has 0 saturated carbocycles. The number of carbonyl (C=O) groups is 2. The summed E-state index contributed by atoms with van der Waals surface area (Å²) in [4.78, 5) is 37.0. The molecule has 0 spiro atoms. The van der Waals surface area contributed by atoms with E-state index in [1.54, 1.807) is 23.6 Å². The standard InChI is InChI=1S/C20H19FN4O2S2/c1-13(26)25(16-8-4-3-7-15(16)21)20-22-14(12-28-20)11-17-18(27)23-19(29-17)24-9-5-2-6-10-24/h3-4,7-8,11-12H,2,5-6,9-10H2,1H3/b17-11+. The van der Waals surface area contributed by atoms with Crippen molar-refractivity contribution >= 4 is 57.0 Å². The van der Waals surface area contributed by atoms with Crippen LogP contribution in [0.25, 0.3) is 6.08 Å². The fourth-order valence-electron chi connectivity index (χ4n) is 3.24. The van der Waals surface area contributed by atoms with Gasteiger partial charge in [0.05, 0.1) is 16.3 Å². The third-order valence-corrected chi connectivity index (χ3v) is 6.51. The van der Waals surface area contributed by atoms with Crippen LogP contribution in [0, 0.1) is 5.82 Å². The van der Waals surface area contributed by atoms with Gasteiger partial charge in [0.15, 0.2) is 10.3 Å². The van der Waals surface area contributed by atoms with Crippen molar-refractivity contribution in [2.24, 2.45) is 4.99 Å². The van der Waals surface area contributed by atoms with Crippen molar-refractivity contribution in [3.63, 3.8) is 0 Å². The van der Waals surface area contributed by atoms with Crippen LogP contribution >= 0.6 is 23.1 Å². The number of aromatic nitrogens is 1. The number of nitrogens with zero attached hydrogens (tertiary/aromatic N) is 4. The van der Waals surface area contributed by atoms with Gasteiger partial charge >= 0.3 is 0 Å². The molecule has 1 aromatic heterocycles. The number of hydrogen-bond donors (Lipinski definition) is 0. The topological polar surface area (TPSA) is 65.9 Å². The zero-order valence-corrected chi connectivity index (χ0v) is 17.4. The fraction of sp³-hybridized carbons (Fsp3) is 0.300. The summed E-state index contributed by atoms with van der Waals surface area (Å²) in [6.45, 7) is 3.20. The van der Waals surface area contributed by atoms with Crippen LogP contribution in [-0.4, -0.2) is 40.0 Å². The summed E-state index contributed by atoms with van der Waals surface area (Å²) in [5, 5.41) is 2.83. The Morgan fingerprint density at radius 2 is 2.00 bits per heavy atom. The van der Waals surface area contributed by atoms with E-state index in [1.807, 2.05) is 0 Å². The molecule has 2 amide bonds. The molecule has 3 heterocycles. The lowest BCUT2D eigenvalue weighted by atomic mass is 10.1. The summed E-state index contributed by atoms with van der Waals surface area (Å²) in [6.07, 6.45) is 5.10. The molecule has 9 heteroatoms. The predicted molar refractivity (Wildman–Crippen MR) is 115 cm³/mol. The van der Waals surface area contributed by atoms with E-state index in [2.05, 4.69) is 14.9 Å². The van der Waals surface area contributed by atoms with Crippen LogP contribution in [0.5, 0.6) is 0 Å². The summed E-state index contributed by atoms with van der Waals surface area (Å²) < 4.78 is 14.2. The van der Waals surface area contributed by atoms with Crippen LogP contribution in [0.3, 0.4) is 0 Å². The number of halogens is 1. The molecule has 0 radical (unpaired) electrons. The van der Waals surface area contributed by atoms with E-state index in [0.29, 0.717) is 15.7 Å². The summed E-state index contributed by atoms with van der Waals surface area (Å²) in [6, 6.07) is 6.07. The lowest BCUT2D eigenvalue weighted by molar-refractivity contribution is -0.116. The summed E-state index contributed by atoms with van der Waals surface area (Å²) in [5.41, 5.74) is 0.689. The van der Waals surface area contributed by atoms with Crippen LogP contribution in [0.4, 0.5) is 15.2 Å². The molecule has 1 aromatic carbocycles. The quantitative estimate of drug-likeness (QED) is 0.675. The van der Waals surface area contributed by atoms with Gasteiger partial charge in [-0.05, 0) is 49.2 Å². The number of benzene rings is 1. The minimum atomic E-state index is -0.501. The van der Waals surface area contributed by atoms with E-state index in [-0.39, 0.29) is 17.5 Å².